The van der Waals surface area contributed by atoms with Crippen LogP contribution in [0.5, 0.6) is 5.75 Å². The summed E-state index contributed by atoms with van der Waals surface area (Å²) >= 11 is 6.49. The highest BCUT2D eigenvalue weighted by Crippen LogP contribution is 2.33. The number of aromatic nitrogens is 2. The van der Waals surface area contributed by atoms with Gasteiger partial charge in [-0.3, -0.25) is 4.21 Å². The second kappa shape index (κ2) is 12.6. The number of benzene rings is 3. The van der Waals surface area contributed by atoms with Crippen molar-refractivity contribution in [2.75, 3.05) is 23.9 Å². The molecule has 0 saturated heterocycles. The molecule has 2 aromatic heterocycles. The molecule has 10 heteroatoms. The molecule has 0 saturated carbocycles. The van der Waals surface area contributed by atoms with Gasteiger partial charge in [-0.1, -0.05) is 30.7 Å². The number of nitrogens with zero attached hydrogens (tertiary/aromatic N) is 2. The summed E-state index contributed by atoms with van der Waals surface area (Å²) in [6, 6.07) is 21.1. The summed E-state index contributed by atoms with van der Waals surface area (Å²) in [7, 11) is -0.967. The molecule has 0 aliphatic carbocycles. The normalized spacial score (nSPS) is 12.8. The summed E-state index contributed by atoms with van der Waals surface area (Å²) in [5.74, 6) is 2.69. The average Bonchev–Trinajstić information content (AvgIpc) is 3.43. The van der Waals surface area contributed by atoms with E-state index < -0.39 is 10.8 Å². The van der Waals surface area contributed by atoms with Crippen LogP contribution in [0.4, 0.5) is 15.9 Å². The molecule has 1 unspecified atom stereocenters. The molecule has 0 spiro atoms. The Hall–Kier alpha value is -3.79. The predicted molar refractivity (Wildman–Crippen MR) is 158 cm³/mol. The van der Waals surface area contributed by atoms with Crippen molar-refractivity contribution in [2.24, 2.45) is 0 Å². The molecule has 5 rings (SSSR count). The maximum absolute atomic E-state index is 13.4. The first kappa shape index (κ1) is 27.8. The molecule has 7 nitrogen and oxygen atoms in total. The summed E-state index contributed by atoms with van der Waals surface area (Å²) in [4.78, 5) is 8.86. The molecule has 40 heavy (non-hydrogen) atoms. The Morgan fingerprint density at radius 2 is 1.95 bits per heavy atom. The third kappa shape index (κ3) is 6.67. The van der Waals surface area contributed by atoms with Gasteiger partial charge in [0.15, 0.2) is 0 Å². The van der Waals surface area contributed by atoms with E-state index in [0.29, 0.717) is 33.7 Å². The zero-order valence-corrected chi connectivity index (χ0v) is 23.6. The zero-order chi connectivity index (χ0) is 28.1. The van der Waals surface area contributed by atoms with Crippen molar-refractivity contribution in [1.29, 1.82) is 0 Å². The standard InChI is InChI=1S/C30H28ClFN4O3S/c1-3-33-26(17-40(2)37)29-12-11-27(39-29)20-7-9-25-23(14-20)30(35-18-34-25)36-22-8-10-28(24(31)15-22)38-16-19-5-4-6-21(32)13-19/h4-15,18,26,33H,3,16-17H2,1-2H3,(H,34,35,36)/t26-,40?/m1/s1. The molecule has 0 bridgehead atoms. The van der Waals surface area contributed by atoms with Crippen LogP contribution < -0.4 is 15.4 Å². The van der Waals surface area contributed by atoms with E-state index in [9.17, 15) is 8.60 Å². The molecule has 0 amide bonds. The van der Waals surface area contributed by atoms with E-state index in [2.05, 4.69) is 20.6 Å². The summed E-state index contributed by atoms with van der Waals surface area (Å²) in [5.41, 5.74) is 3.06. The van der Waals surface area contributed by atoms with Gasteiger partial charge in [0, 0.05) is 39.4 Å². The fourth-order valence-corrected chi connectivity index (χ4v) is 5.33. The largest absolute Gasteiger partial charge is 0.487 e. The van der Waals surface area contributed by atoms with Gasteiger partial charge in [-0.25, -0.2) is 14.4 Å². The summed E-state index contributed by atoms with van der Waals surface area (Å²) < 4.78 is 37.2. The maximum atomic E-state index is 13.4. The van der Waals surface area contributed by atoms with Crippen molar-refractivity contribution in [1.82, 2.24) is 15.3 Å². The fraction of sp³-hybridized carbons (Fsp3) is 0.200. The number of halogens is 2. The van der Waals surface area contributed by atoms with Crippen LogP contribution in [-0.4, -0.2) is 32.7 Å². The number of hydrogen-bond donors (Lipinski definition) is 2. The molecular formula is C30H28ClFN4O3S. The van der Waals surface area contributed by atoms with Gasteiger partial charge in [-0.15, -0.1) is 0 Å². The molecule has 0 aliphatic heterocycles. The third-order valence-corrected chi connectivity index (χ3v) is 7.32. The Bertz CT molecular complexity index is 1660. The van der Waals surface area contributed by atoms with Gasteiger partial charge in [0.25, 0.3) is 0 Å². The van der Waals surface area contributed by atoms with Gasteiger partial charge in [0.05, 0.1) is 16.6 Å². The van der Waals surface area contributed by atoms with E-state index >= 15 is 0 Å². The molecule has 2 N–H and O–H groups in total. The van der Waals surface area contributed by atoms with Gasteiger partial charge < -0.3 is 19.8 Å². The minimum Gasteiger partial charge on any atom is -0.487 e. The lowest BCUT2D eigenvalue weighted by Gasteiger charge is -2.14. The number of furan rings is 1. The quantitative estimate of drug-likeness (QED) is 0.174. The Morgan fingerprint density at radius 3 is 2.73 bits per heavy atom. The Kier molecular flexibility index (Phi) is 8.74. The van der Waals surface area contributed by atoms with Crippen LogP contribution in [-0.2, 0) is 17.4 Å². The molecule has 5 aromatic rings. The van der Waals surface area contributed by atoms with E-state index in [0.717, 1.165) is 34.5 Å². The lowest BCUT2D eigenvalue weighted by atomic mass is 10.1. The summed E-state index contributed by atoms with van der Waals surface area (Å²) in [6.07, 6.45) is 3.19. The first-order chi connectivity index (χ1) is 19.4. The van der Waals surface area contributed by atoms with Gasteiger partial charge in [0.2, 0.25) is 0 Å². The topological polar surface area (TPSA) is 89.3 Å². The lowest BCUT2D eigenvalue weighted by molar-refractivity contribution is 0.306. The van der Waals surface area contributed by atoms with Gasteiger partial charge in [0.1, 0.15) is 41.8 Å². The minimum atomic E-state index is -0.967. The van der Waals surface area contributed by atoms with Gasteiger partial charge >= 0.3 is 0 Å². The fourth-order valence-electron chi connectivity index (χ4n) is 4.35. The van der Waals surface area contributed by atoms with Crippen molar-refractivity contribution in [2.45, 2.75) is 19.6 Å². The molecular weight excluding hydrogens is 551 g/mol. The van der Waals surface area contributed by atoms with Crippen LogP contribution in [0.25, 0.3) is 22.2 Å². The van der Waals surface area contributed by atoms with Crippen LogP contribution >= 0.6 is 11.6 Å². The SMILES string of the molecule is CCN[C@H](CS(C)=O)c1ccc(-c2ccc3ncnc(Nc4ccc(OCc5cccc(F)c5)c(Cl)c4)c3c2)o1. The predicted octanol–water partition coefficient (Wildman–Crippen LogP) is 7.03. The van der Waals surface area contributed by atoms with Gasteiger partial charge in [-0.05, 0) is 72.8 Å². The second-order valence-corrected chi connectivity index (χ2v) is 11.1. The first-order valence-corrected chi connectivity index (χ1v) is 14.8. The van der Waals surface area contributed by atoms with Crippen molar-refractivity contribution < 1.29 is 17.8 Å². The molecule has 0 fully saturated rings. The van der Waals surface area contributed by atoms with Crippen LogP contribution in [0, 0.1) is 5.82 Å². The number of hydrogen-bond acceptors (Lipinski definition) is 7. The summed E-state index contributed by atoms with van der Waals surface area (Å²) in [5, 5.41) is 7.87. The van der Waals surface area contributed by atoms with Crippen molar-refractivity contribution in [3.05, 3.63) is 101 Å². The lowest BCUT2D eigenvalue weighted by Crippen LogP contribution is -2.25. The highest BCUT2D eigenvalue weighted by molar-refractivity contribution is 7.84. The summed E-state index contributed by atoms with van der Waals surface area (Å²) in [6.45, 7) is 2.95. The highest BCUT2D eigenvalue weighted by atomic mass is 35.5. The third-order valence-electron chi connectivity index (χ3n) is 6.22. The van der Waals surface area contributed by atoms with E-state index in [4.69, 9.17) is 20.8 Å². The van der Waals surface area contributed by atoms with Crippen LogP contribution in [0.1, 0.15) is 24.3 Å². The highest BCUT2D eigenvalue weighted by Gasteiger charge is 2.17. The minimum absolute atomic E-state index is 0.129. The monoisotopic (exact) mass is 578 g/mol. The van der Waals surface area contributed by atoms with Crippen molar-refractivity contribution in [3.63, 3.8) is 0 Å². The van der Waals surface area contributed by atoms with Crippen LogP contribution in [0.3, 0.4) is 0 Å². The molecule has 0 aliphatic rings. The average molecular weight is 579 g/mol. The van der Waals surface area contributed by atoms with E-state index in [-0.39, 0.29) is 18.5 Å². The molecule has 0 radical (unpaired) electrons. The molecule has 3 aromatic carbocycles. The smallest absolute Gasteiger partial charge is 0.141 e. The zero-order valence-electron chi connectivity index (χ0n) is 22.0. The number of ether oxygens (including phenoxy) is 1. The molecule has 2 heterocycles. The Labute approximate surface area is 239 Å². The number of anilines is 2. The maximum Gasteiger partial charge on any atom is 0.141 e. The Balaban J connectivity index is 1.36. The number of fused-ring (bicyclic) bond motifs is 1. The second-order valence-electron chi connectivity index (χ2n) is 9.20. The van der Waals surface area contributed by atoms with E-state index in [1.54, 1.807) is 30.5 Å². The van der Waals surface area contributed by atoms with E-state index in [1.165, 1.54) is 18.5 Å². The van der Waals surface area contributed by atoms with E-state index in [1.807, 2.05) is 43.3 Å². The number of rotatable bonds is 11. The van der Waals surface area contributed by atoms with Crippen molar-refractivity contribution in [3.8, 4) is 17.1 Å². The first-order valence-electron chi connectivity index (χ1n) is 12.7. The van der Waals surface area contributed by atoms with Crippen LogP contribution in [0.15, 0.2) is 83.5 Å². The van der Waals surface area contributed by atoms with Gasteiger partial charge in [-0.2, -0.15) is 0 Å². The van der Waals surface area contributed by atoms with Crippen molar-refractivity contribution >= 4 is 44.8 Å². The molecule has 206 valence electrons. The molecule has 2 atom stereocenters. The van der Waals surface area contributed by atoms with Crippen LogP contribution in [0.2, 0.25) is 5.02 Å². The number of nitrogens with one attached hydrogen (secondary N) is 2. The Morgan fingerprint density at radius 1 is 1.07 bits per heavy atom.